The molecule has 0 atom stereocenters. The molecule has 0 unspecified atom stereocenters. The van der Waals surface area contributed by atoms with Gasteiger partial charge in [0, 0.05) is 27.4 Å². The Morgan fingerprint density at radius 1 is 1.15 bits per heavy atom. The molecule has 0 saturated carbocycles. The maximum atomic E-state index is 5.27. The molecule has 0 rings (SSSR count). The zero-order valence-electron chi connectivity index (χ0n) is 8.76. The summed E-state index contributed by atoms with van der Waals surface area (Å²) in [5.41, 5.74) is 0. The van der Waals surface area contributed by atoms with E-state index < -0.39 is 8.80 Å². The number of rotatable bonds is 8. The van der Waals surface area contributed by atoms with Gasteiger partial charge in [0.2, 0.25) is 0 Å². The van der Waals surface area contributed by atoms with Gasteiger partial charge in [-0.15, -0.1) is 0 Å². The fourth-order valence-electron chi connectivity index (χ4n) is 1.11. The quantitative estimate of drug-likeness (QED) is 0.468. The Bertz CT molecular complexity index is 112. The van der Waals surface area contributed by atoms with Gasteiger partial charge in [-0.2, -0.15) is 0 Å². The molecule has 79 valence electrons. The molecule has 0 aliphatic carbocycles. The summed E-state index contributed by atoms with van der Waals surface area (Å²) in [5, 5.41) is 3.14. The summed E-state index contributed by atoms with van der Waals surface area (Å²) in [7, 11) is 2.57. The minimum Gasteiger partial charge on any atom is -0.377 e. The molecular weight excluding hydrogens is 186 g/mol. The molecule has 13 heavy (non-hydrogen) atoms. The van der Waals surface area contributed by atoms with Crippen molar-refractivity contribution in [3.8, 4) is 0 Å². The minimum atomic E-state index is -2.33. The maximum Gasteiger partial charge on any atom is 0.500 e. The monoisotopic (exact) mass is 206 g/mol. The van der Waals surface area contributed by atoms with Crippen molar-refractivity contribution in [2.75, 3.05) is 34.4 Å². The molecule has 0 fully saturated rings. The summed E-state index contributed by atoms with van der Waals surface area (Å²) in [4.78, 5) is 0. The van der Waals surface area contributed by atoms with E-state index in [2.05, 4.69) is 12.2 Å². The molecule has 0 aromatic carbocycles. The topological polar surface area (TPSA) is 39.7 Å². The summed E-state index contributed by atoms with van der Waals surface area (Å²) in [5.74, 6) is 0. The van der Waals surface area contributed by atoms with E-state index in [9.17, 15) is 0 Å². The van der Waals surface area contributed by atoms with Crippen molar-refractivity contribution in [3.63, 3.8) is 0 Å². The van der Waals surface area contributed by atoms with Gasteiger partial charge in [-0.3, -0.25) is 0 Å². The van der Waals surface area contributed by atoms with Gasteiger partial charge in [-0.25, -0.2) is 0 Å². The van der Waals surface area contributed by atoms with Crippen LogP contribution < -0.4 is 5.32 Å². The lowest BCUT2D eigenvalue weighted by molar-refractivity contribution is 0.123. The normalized spacial score (nSPS) is 12.0. The molecule has 0 aliphatic rings. The van der Waals surface area contributed by atoms with Crippen molar-refractivity contribution in [2.45, 2.75) is 12.5 Å². The fraction of sp³-hybridized carbons (Fsp3) is 0.875. The van der Waals surface area contributed by atoms with Crippen LogP contribution in [0.4, 0.5) is 0 Å². The van der Waals surface area contributed by atoms with Crippen LogP contribution in [0.25, 0.3) is 0 Å². The van der Waals surface area contributed by atoms with Crippen molar-refractivity contribution in [3.05, 3.63) is 6.92 Å². The van der Waals surface area contributed by atoms with Crippen molar-refractivity contribution in [1.82, 2.24) is 5.32 Å². The molecule has 5 heteroatoms. The van der Waals surface area contributed by atoms with Gasteiger partial charge in [0.05, 0.1) is 0 Å². The SMILES string of the molecule is [CH2]CNCCC[Si](OC)(OC)OC. The highest BCUT2D eigenvalue weighted by Gasteiger charge is 2.36. The minimum absolute atomic E-state index is 0.751. The summed E-state index contributed by atoms with van der Waals surface area (Å²) >= 11 is 0. The van der Waals surface area contributed by atoms with E-state index in [1.165, 1.54) is 0 Å². The first kappa shape index (κ1) is 13.1. The molecule has 0 aromatic heterocycles. The lowest BCUT2D eigenvalue weighted by Crippen LogP contribution is -2.43. The summed E-state index contributed by atoms with van der Waals surface area (Å²) in [6.07, 6.45) is 0.983. The number of nitrogens with one attached hydrogen (secondary N) is 1. The molecule has 0 aromatic rings. The number of hydrogen-bond acceptors (Lipinski definition) is 4. The van der Waals surface area contributed by atoms with E-state index in [0.29, 0.717) is 0 Å². The molecule has 1 N–H and O–H groups in total. The Morgan fingerprint density at radius 3 is 2.08 bits per heavy atom. The molecule has 1 radical (unpaired) electrons. The van der Waals surface area contributed by atoms with Crippen LogP contribution >= 0.6 is 0 Å². The molecule has 0 spiro atoms. The van der Waals surface area contributed by atoms with Gasteiger partial charge in [-0.1, -0.05) is 0 Å². The summed E-state index contributed by atoms with van der Waals surface area (Å²) in [6, 6.07) is 0.837. The smallest absolute Gasteiger partial charge is 0.377 e. The third-order valence-electron chi connectivity index (χ3n) is 1.95. The Balaban J connectivity index is 3.68. The first-order valence-corrected chi connectivity index (χ1v) is 6.33. The first-order chi connectivity index (χ1) is 6.24. The van der Waals surface area contributed by atoms with Crippen molar-refractivity contribution < 1.29 is 13.3 Å². The van der Waals surface area contributed by atoms with E-state index in [1.54, 1.807) is 21.3 Å². The van der Waals surface area contributed by atoms with E-state index in [1.807, 2.05) is 0 Å². The third kappa shape index (κ3) is 4.73. The van der Waals surface area contributed by atoms with Gasteiger partial charge in [0.15, 0.2) is 0 Å². The summed E-state index contributed by atoms with van der Waals surface area (Å²) in [6.45, 7) is 5.36. The molecule has 0 aliphatic heterocycles. The molecule has 0 bridgehead atoms. The number of hydrogen-bond donors (Lipinski definition) is 1. The molecule has 0 saturated heterocycles. The van der Waals surface area contributed by atoms with Crippen LogP contribution in [0, 0.1) is 6.92 Å². The summed E-state index contributed by atoms with van der Waals surface area (Å²) < 4.78 is 15.8. The molecule has 4 nitrogen and oxygen atoms in total. The van der Waals surface area contributed by atoms with Crippen LogP contribution in [-0.2, 0) is 13.3 Å². The molecule has 0 amide bonds. The van der Waals surface area contributed by atoms with E-state index in [-0.39, 0.29) is 0 Å². The van der Waals surface area contributed by atoms with Gasteiger partial charge in [0.1, 0.15) is 0 Å². The van der Waals surface area contributed by atoms with E-state index in [0.717, 1.165) is 25.6 Å². The zero-order chi connectivity index (χ0) is 10.2. The largest absolute Gasteiger partial charge is 0.500 e. The highest BCUT2D eigenvalue weighted by molar-refractivity contribution is 6.60. The Morgan fingerprint density at radius 2 is 1.69 bits per heavy atom. The van der Waals surface area contributed by atoms with Gasteiger partial charge in [-0.05, 0) is 26.4 Å². The average Bonchev–Trinajstić information content (AvgIpc) is 2.20. The Hall–Kier alpha value is 0.0569. The van der Waals surface area contributed by atoms with Crippen molar-refractivity contribution >= 4 is 8.80 Å². The van der Waals surface area contributed by atoms with Gasteiger partial charge in [0.25, 0.3) is 0 Å². The average molecular weight is 206 g/mol. The zero-order valence-corrected chi connectivity index (χ0v) is 9.76. The van der Waals surface area contributed by atoms with Crippen LogP contribution in [0.3, 0.4) is 0 Å². The van der Waals surface area contributed by atoms with Crippen molar-refractivity contribution in [2.24, 2.45) is 0 Å². The Kier molecular flexibility index (Phi) is 7.49. The second-order valence-corrected chi connectivity index (χ2v) is 5.74. The second-order valence-electron chi connectivity index (χ2n) is 2.65. The first-order valence-electron chi connectivity index (χ1n) is 4.40. The highest BCUT2D eigenvalue weighted by Crippen LogP contribution is 2.13. The van der Waals surface area contributed by atoms with E-state index >= 15 is 0 Å². The van der Waals surface area contributed by atoms with Crippen molar-refractivity contribution in [1.29, 1.82) is 0 Å². The third-order valence-corrected chi connectivity index (χ3v) is 4.78. The van der Waals surface area contributed by atoms with Crippen LogP contribution in [-0.4, -0.2) is 43.2 Å². The Labute approximate surface area is 81.9 Å². The van der Waals surface area contributed by atoms with Crippen LogP contribution in [0.5, 0.6) is 0 Å². The predicted molar refractivity (Wildman–Crippen MR) is 54.4 cm³/mol. The van der Waals surface area contributed by atoms with E-state index in [4.69, 9.17) is 13.3 Å². The maximum absolute atomic E-state index is 5.27. The second kappa shape index (κ2) is 7.46. The lowest BCUT2D eigenvalue weighted by atomic mass is 10.5. The van der Waals surface area contributed by atoms with Crippen LogP contribution in [0.2, 0.25) is 6.04 Å². The fourth-order valence-corrected chi connectivity index (χ4v) is 2.83. The van der Waals surface area contributed by atoms with Crippen LogP contribution in [0.15, 0.2) is 0 Å². The van der Waals surface area contributed by atoms with Crippen LogP contribution in [0.1, 0.15) is 6.42 Å². The highest BCUT2D eigenvalue weighted by atomic mass is 28.4. The molecule has 0 heterocycles. The van der Waals surface area contributed by atoms with Gasteiger partial charge >= 0.3 is 8.80 Å². The predicted octanol–water partition coefficient (Wildman–Crippen LogP) is 0.678. The standard InChI is InChI=1S/C8H20NO3Si/c1-5-9-7-6-8-13(10-2,11-3)12-4/h9H,1,5-8H2,2-4H3. The molecular formula is C8H20NO3Si. The lowest BCUT2D eigenvalue weighted by Gasteiger charge is -2.24. The van der Waals surface area contributed by atoms with Gasteiger partial charge < -0.3 is 18.6 Å².